The van der Waals surface area contributed by atoms with E-state index in [0.29, 0.717) is 5.56 Å². The SMILES string of the molecule is Cc1nn(C)c(C)c1CN1C(=O)C[C@@H](C(=O)O)[C@H]1c1ccc(F)cc1. The molecular weight excluding hydrogens is 325 g/mol. The molecule has 132 valence electrons. The summed E-state index contributed by atoms with van der Waals surface area (Å²) in [5, 5.41) is 13.9. The number of hydrogen-bond acceptors (Lipinski definition) is 3. The van der Waals surface area contributed by atoms with Gasteiger partial charge in [-0.1, -0.05) is 12.1 Å². The number of carboxylic acids is 1. The van der Waals surface area contributed by atoms with Crippen LogP contribution in [0.4, 0.5) is 4.39 Å². The number of carbonyl (C=O) groups excluding carboxylic acids is 1. The van der Waals surface area contributed by atoms with Crippen molar-refractivity contribution in [2.45, 2.75) is 32.9 Å². The van der Waals surface area contributed by atoms with E-state index in [1.54, 1.807) is 21.7 Å². The molecule has 1 fully saturated rings. The first kappa shape index (κ1) is 17.1. The van der Waals surface area contributed by atoms with E-state index in [-0.39, 0.29) is 18.9 Å². The Hall–Kier alpha value is -2.70. The summed E-state index contributed by atoms with van der Waals surface area (Å²) in [5.41, 5.74) is 3.28. The van der Waals surface area contributed by atoms with Crippen LogP contribution in [0.25, 0.3) is 0 Å². The van der Waals surface area contributed by atoms with Crippen LogP contribution in [0.2, 0.25) is 0 Å². The third kappa shape index (κ3) is 3.01. The predicted molar refractivity (Wildman–Crippen MR) is 88.1 cm³/mol. The third-order valence-electron chi connectivity index (χ3n) is 4.95. The van der Waals surface area contributed by atoms with Crippen molar-refractivity contribution in [2.24, 2.45) is 13.0 Å². The Bertz CT molecular complexity index is 829. The molecule has 0 saturated carbocycles. The Kier molecular flexibility index (Phi) is 4.32. The number of rotatable bonds is 4. The Morgan fingerprint density at radius 1 is 1.32 bits per heavy atom. The molecule has 1 aliphatic rings. The van der Waals surface area contributed by atoms with Crippen LogP contribution in [-0.2, 0) is 23.2 Å². The van der Waals surface area contributed by atoms with Crippen molar-refractivity contribution < 1.29 is 19.1 Å². The van der Waals surface area contributed by atoms with Crippen LogP contribution in [0.3, 0.4) is 0 Å². The van der Waals surface area contributed by atoms with E-state index < -0.39 is 23.7 Å². The fourth-order valence-corrected chi connectivity index (χ4v) is 3.49. The highest BCUT2D eigenvalue weighted by atomic mass is 19.1. The molecule has 1 N–H and O–H groups in total. The van der Waals surface area contributed by atoms with Crippen molar-refractivity contribution in [3.63, 3.8) is 0 Å². The molecule has 0 bridgehead atoms. The first-order chi connectivity index (χ1) is 11.8. The van der Waals surface area contributed by atoms with E-state index in [0.717, 1.165) is 17.0 Å². The van der Waals surface area contributed by atoms with Gasteiger partial charge in [0.15, 0.2) is 0 Å². The van der Waals surface area contributed by atoms with Gasteiger partial charge in [-0.05, 0) is 31.5 Å². The summed E-state index contributed by atoms with van der Waals surface area (Å²) < 4.78 is 15.0. The van der Waals surface area contributed by atoms with Crippen molar-refractivity contribution in [3.8, 4) is 0 Å². The van der Waals surface area contributed by atoms with Gasteiger partial charge in [0.1, 0.15) is 5.82 Å². The second-order valence-corrected chi connectivity index (χ2v) is 6.44. The van der Waals surface area contributed by atoms with Crippen molar-refractivity contribution in [1.82, 2.24) is 14.7 Å². The second-order valence-electron chi connectivity index (χ2n) is 6.44. The van der Waals surface area contributed by atoms with E-state index in [9.17, 15) is 19.1 Å². The molecular formula is C18H20FN3O3. The number of aliphatic carboxylic acids is 1. The Balaban J connectivity index is 2.01. The zero-order chi connectivity index (χ0) is 18.3. The highest BCUT2D eigenvalue weighted by Gasteiger charge is 2.45. The molecule has 2 aromatic rings. The predicted octanol–water partition coefficient (Wildman–Crippen LogP) is 2.35. The minimum atomic E-state index is -1.02. The lowest BCUT2D eigenvalue weighted by molar-refractivity contribution is -0.142. The first-order valence-corrected chi connectivity index (χ1v) is 8.06. The Morgan fingerprint density at radius 2 is 1.96 bits per heavy atom. The number of hydrogen-bond donors (Lipinski definition) is 1. The van der Waals surface area contributed by atoms with Gasteiger partial charge < -0.3 is 10.0 Å². The molecule has 0 unspecified atom stereocenters. The highest BCUT2D eigenvalue weighted by Crippen LogP contribution is 2.39. The summed E-state index contributed by atoms with van der Waals surface area (Å²) in [4.78, 5) is 25.8. The monoisotopic (exact) mass is 345 g/mol. The highest BCUT2D eigenvalue weighted by molar-refractivity contribution is 5.87. The van der Waals surface area contributed by atoms with Gasteiger partial charge in [-0.15, -0.1) is 0 Å². The van der Waals surface area contributed by atoms with Gasteiger partial charge in [-0.2, -0.15) is 5.10 Å². The molecule has 6 nitrogen and oxygen atoms in total. The minimum absolute atomic E-state index is 0.0598. The molecule has 7 heteroatoms. The molecule has 1 aromatic heterocycles. The lowest BCUT2D eigenvalue weighted by Crippen LogP contribution is -2.30. The minimum Gasteiger partial charge on any atom is -0.481 e. The molecule has 1 saturated heterocycles. The van der Waals surface area contributed by atoms with Crippen LogP contribution < -0.4 is 0 Å². The first-order valence-electron chi connectivity index (χ1n) is 8.06. The molecule has 0 radical (unpaired) electrons. The van der Waals surface area contributed by atoms with Gasteiger partial charge in [-0.3, -0.25) is 14.3 Å². The number of carboxylic acid groups (broad SMARTS) is 1. The number of halogens is 1. The van der Waals surface area contributed by atoms with Gasteiger partial charge in [-0.25, -0.2) is 4.39 Å². The molecule has 1 amide bonds. The van der Waals surface area contributed by atoms with Crippen LogP contribution in [0.1, 0.15) is 35.0 Å². The summed E-state index contributed by atoms with van der Waals surface area (Å²) in [6.45, 7) is 4.07. The number of amides is 1. The molecule has 0 aliphatic carbocycles. The average Bonchev–Trinajstić information content (AvgIpc) is 3.00. The molecule has 2 heterocycles. The molecule has 1 aromatic carbocycles. The number of aromatic nitrogens is 2. The van der Waals surface area contributed by atoms with E-state index in [1.165, 1.54) is 12.1 Å². The van der Waals surface area contributed by atoms with E-state index in [4.69, 9.17) is 0 Å². The normalized spacial score (nSPS) is 20.3. The van der Waals surface area contributed by atoms with E-state index in [2.05, 4.69) is 5.10 Å². The van der Waals surface area contributed by atoms with E-state index >= 15 is 0 Å². The molecule has 3 rings (SSSR count). The fourth-order valence-electron chi connectivity index (χ4n) is 3.49. The second kappa shape index (κ2) is 6.31. The van der Waals surface area contributed by atoms with Gasteiger partial charge in [0.05, 0.1) is 17.7 Å². The van der Waals surface area contributed by atoms with Crippen molar-refractivity contribution in [1.29, 1.82) is 0 Å². The zero-order valence-corrected chi connectivity index (χ0v) is 14.4. The third-order valence-corrected chi connectivity index (χ3v) is 4.95. The van der Waals surface area contributed by atoms with E-state index in [1.807, 2.05) is 20.9 Å². The topological polar surface area (TPSA) is 75.4 Å². The number of aryl methyl sites for hydroxylation is 2. The van der Waals surface area contributed by atoms with Crippen LogP contribution in [0.5, 0.6) is 0 Å². The van der Waals surface area contributed by atoms with Crippen LogP contribution in [0.15, 0.2) is 24.3 Å². The summed E-state index contributed by atoms with van der Waals surface area (Å²) in [6.07, 6.45) is -0.0598. The zero-order valence-electron chi connectivity index (χ0n) is 14.4. The molecule has 0 spiro atoms. The molecule has 1 aliphatic heterocycles. The Labute approximate surface area is 144 Å². The Morgan fingerprint density at radius 3 is 2.48 bits per heavy atom. The van der Waals surface area contributed by atoms with Gasteiger partial charge >= 0.3 is 5.97 Å². The van der Waals surface area contributed by atoms with Gasteiger partial charge in [0.25, 0.3) is 0 Å². The number of benzene rings is 1. The summed E-state index contributed by atoms with van der Waals surface area (Å²) >= 11 is 0. The molecule has 25 heavy (non-hydrogen) atoms. The fraction of sp³-hybridized carbons (Fsp3) is 0.389. The number of likely N-dealkylation sites (tertiary alicyclic amines) is 1. The largest absolute Gasteiger partial charge is 0.481 e. The van der Waals surface area contributed by atoms with Crippen LogP contribution >= 0.6 is 0 Å². The van der Waals surface area contributed by atoms with Gasteiger partial charge in [0, 0.05) is 31.3 Å². The van der Waals surface area contributed by atoms with Crippen LogP contribution in [0, 0.1) is 25.6 Å². The van der Waals surface area contributed by atoms with Crippen molar-refractivity contribution in [2.75, 3.05) is 0 Å². The maximum Gasteiger partial charge on any atom is 0.309 e. The summed E-state index contributed by atoms with van der Waals surface area (Å²) in [6, 6.07) is 5.05. The lowest BCUT2D eigenvalue weighted by Gasteiger charge is -2.27. The molecule has 2 atom stereocenters. The standard InChI is InChI=1S/C18H20FN3O3/c1-10-15(11(2)21(3)20-10)9-22-16(23)8-14(18(24)25)17(22)12-4-6-13(19)7-5-12/h4-7,14,17H,8-9H2,1-3H3,(H,24,25)/t14-,17-/m1/s1. The number of carbonyl (C=O) groups is 2. The maximum atomic E-state index is 13.3. The quantitative estimate of drug-likeness (QED) is 0.923. The smallest absolute Gasteiger partial charge is 0.309 e. The average molecular weight is 345 g/mol. The maximum absolute atomic E-state index is 13.3. The number of nitrogens with zero attached hydrogens (tertiary/aromatic N) is 3. The van der Waals surface area contributed by atoms with Crippen LogP contribution in [-0.4, -0.2) is 31.7 Å². The summed E-state index contributed by atoms with van der Waals surface area (Å²) in [7, 11) is 1.83. The van der Waals surface area contributed by atoms with Crippen molar-refractivity contribution in [3.05, 3.63) is 52.6 Å². The lowest BCUT2D eigenvalue weighted by atomic mass is 9.93. The van der Waals surface area contributed by atoms with Crippen molar-refractivity contribution >= 4 is 11.9 Å². The summed E-state index contributed by atoms with van der Waals surface area (Å²) in [5.74, 6) is -2.49. The van der Waals surface area contributed by atoms with Gasteiger partial charge in [0.2, 0.25) is 5.91 Å².